The fraction of sp³-hybridized carbons (Fsp3) is 0.385. The highest BCUT2D eigenvalue weighted by Gasteiger charge is 2.19. The van der Waals surface area contributed by atoms with E-state index in [1.165, 1.54) is 11.1 Å². The molecule has 2 N–H and O–H groups in total. The zero-order valence-electron chi connectivity index (χ0n) is 8.91. The molecule has 0 aromatic heterocycles. The van der Waals surface area contributed by atoms with Gasteiger partial charge >= 0.3 is 0 Å². The summed E-state index contributed by atoms with van der Waals surface area (Å²) in [6.07, 6.45) is 5.08. The lowest BCUT2D eigenvalue weighted by atomic mass is 9.88. The third-order valence-corrected chi connectivity index (χ3v) is 2.87. The number of hydrogen-bond donors (Lipinski definition) is 1. The average molecular weight is 203 g/mol. The van der Waals surface area contributed by atoms with Crippen molar-refractivity contribution < 1.29 is 4.74 Å². The fourth-order valence-electron chi connectivity index (χ4n) is 2.14. The Morgan fingerprint density at radius 3 is 3.20 bits per heavy atom. The Balaban J connectivity index is 2.31. The molecule has 2 rings (SSSR count). The first kappa shape index (κ1) is 10.2. The Morgan fingerprint density at radius 1 is 1.53 bits per heavy atom. The van der Waals surface area contributed by atoms with Gasteiger partial charge in [0.15, 0.2) is 0 Å². The number of rotatable bonds is 3. The van der Waals surface area contributed by atoms with Gasteiger partial charge in [0.25, 0.3) is 0 Å². The molecule has 0 bridgehead atoms. The molecule has 0 amide bonds. The molecule has 0 aliphatic heterocycles. The highest BCUT2D eigenvalue weighted by molar-refractivity contribution is 5.43. The van der Waals surface area contributed by atoms with E-state index in [1.807, 2.05) is 12.1 Å². The van der Waals surface area contributed by atoms with Gasteiger partial charge in [0.05, 0.1) is 0 Å². The second kappa shape index (κ2) is 4.49. The summed E-state index contributed by atoms with van der Waals surface area (Å²) in [6, 6.07) is 6.32. The standard InChI is InChI=1S/C13H17NO/c1-2-9-15-13-8-4-5-10-11(13)6-3-7-12(10)14/h2,4-5,8,12H,1,3,6-7,9,14H2. The van der Waals surface area contributed by atoms with Gasteiger partial charge in [-0.3, -0.25) is 0 Å². The van der Waals surface area contributed by atoms with Gasteiger partial charge in [-0.15, -0.1) is 0 Å². The predicted octanol–water partition coefficient (Wildman–Crippen LogP) is 2.59. The number of fused-ring (bicyclic) bond motifs is 1. The topological polar surface area (TPSA) is 35.2 Å². The molecule has 80 valence electrons. The summed E-state index contributed by atoms with van der Waals surface area (Å²) in [5.74, 6) is 0.975. The second-order valence-corrected chi connectivity index (χ2v) is 3.92. The molecule has 1 aliphatic carbocycles. The van der Waals surface area contributed by atoms with E-state index in [-0.39, 0.29) is 6.04 Å². The molecule has 15 heavy (non-hydrogen) atoms. The molecule has 0 heterocycles. The molecule has 2 heteroatoms. The van der Waals surface area contributed by atoms with Crippen molar-refractivity contribution in [3.8, 4) is 5.75 Å². The van der Waals surface area contributed by atoms with Crippen LogP contribution in [0.15, 0.2) is 30.9 Å². The van der Waals surface area contributed by atoms with Crippen LogP contribution in [0.1, 0.15) is 30.0 Å². The molecular formula is C13H17NO. The molecule has 0 spiro atoms. The summed E-state index contributed by atoms with van der Waals surface area (Å²) >= 11 is 0. The van der Waals surface area contributed by atoms with Gasteiger partial charge in [-0.1, -0.05) is 24.8 Å². The van der Waals surface area contributed by atoms with Crippen LogP contribution in [0, 0.1) is 0 Å². The van der Waals surface area contributed by atoms with Gasteiger partial charge in [-0.25, -0.2) is 0 Å². The normalized spacial score (nSPS) is 19.4. The summed E-state index contributed by atoms with van der Waals surface area (Å²) < 4.78 is 5.63. The molecular weight excluding hydrogens is 186 g/mol. The number of benzene rings is 1. The molecule has 1 aliphatic rings. The Kier molecular flexibility index (Phi) is 3.07. The first-order chi connectivity index (χ1) is 7.33. The van der Waals surface area contributed by atoms with Crippen LogP contribution in [0.2, 0.25) is 0 Å². The van der Waals surface area contributed by atoms with Crippen LogP contribution < -0.4 is 10.5 Å². The summed E-state index contributed by atoms with van der Waals surface area (Å²) in [6.45, 7) is 4.21. The van der Waals surface area contributed by atoms with E-state index in [0.29, 0.717) is 6.61 Å². The van der Waals surface area contributed by atoms with Gasteiger partial charge in [-0.05, 0) is 36.5 Å². The lowest BCUT2D eigenvalue weighted by Gasteiger charge is -2.24. The molecule has 0 saturated heterocycles. The minimum Gasteiger partial charge on any atom is -0.489 e. The van der Waals surface area contributed by atoms with Crippen molar-refractivity contribution in [2.45, 2.75) is 25.3 Å². The van der Waals surface area contributed by atoms with Crippen molar-refractivity contribution in [1.29, 1.82) is 0 Å². The molecule has 0 saturated carbocycles. The van der Waals surface area contributed by atoms with Crippen molar-refractivity contribution >= 4 is 0 Å². The summed E-state index contributed by atoms with van der Waals surface area (Å²) in [5.41, 5.74) is 8.61. The van der Waals surface area contributed by atoms with E-state index in [1.54, 1.807) is 6.08 Å². The number of hydrogen-bond acceptors (Lipinski definition) is 2. The number of ether oxygens (including phenoxy) is 1. The third-order valence-electron chi connectivity index (χ3n) is 2.87. The maximum absolute atomic E-state index is 6.07. The van der Waals surface area contributed by atoms with Gasteiger partial charge in [0.1, 0.15) is 12.4 Å². The quantitative estimate of drug-likeness (QED) is 0.766. The van der Waals surface area contributed by atoms with E-state index in [2.05, 4.69) is 12.6 Å². The van der Waals surface area contributed by atoms with E-state index < -0.39 is 0 Å². The maximum atomic E-state index is 6.07. The number of nitrogens with two attached hydrogens (primary N) is 1. The first-order valence-electron chi connectivity index (χ1n) is 5.44. The van der Waals surface area contributed by atoms with Gasteiger partial charge in [-0.2, -0.15) is 0 Å². The SMILES string of the molecule is C=CCOc1cccc2c1CCCC2N. The minimum atomic E-state index is 0.182. The lowest BCUT2D eigenvalue weighted by Crippen LogP contribution is -2.18. The monoisotopic (exact) mass is 203 g/mol. The van der Waals surface area contributed by atoms with Crippen molar-refractivity contribution in [1.82, 2.24) is 0 Å². The summed E-state index contributed by atoms with van der Waals surface area (Å²) in [7, 11) is 0. The second-order valence-electron chi connectivity index (χ2n) is 3.92. The predicted molar refractivity (Wildman–Crippen MR) is 62.0 cm³/mol. The first-order valence-corrected chi connectivity index (χ1v) is 5.44. The van der Waals surface area contributed by atoms with Crippen LogP contribution in [0.5, 0.6) is 5.75 Å². The van der Waals surface area contributed by atoms with Crippen molar-refractivity contribution in [3.63, 3.8) is 0 Å². The van der Waals surface area contributed by atoms with Gasteiger partial charge in [0.2, 0.25) is 0 Å². The van der Waals surface area contributed by atoms with Crippen LogP contribution in [-0.2, 0) is 6.42 Å². The van der Waals surface area contributed by atoms with Gasteiger partial charge < -0.3 is 10.5 Å². The summed E-state index contributed by atoms with van der Waals surface area (Å²) in [5, 5.41) is 0. The molecule has 2 nitrogen and oxygen atoms in total. The van der Waals surface area contributed by atoms with Crippen molar-refractivity contribution in [3.05, 3.63) is 42.0 Å². The van der Waals surface area contributed by atoms with Crippen LogP contribution in [0.4, 0.5) is 0 Å². The molecule has 1 aromatic carbocycles. The van der Waals surface area contributed by atoms with E-state index in [9.17, 15) is 0 Å². The highest BCUT2D eigenvalue weighted by atomic mass is 16.5. The van der Waals surface area contributed by atoms with Crippen LogP contribution in [-0.4, -0.2) is 6.61 Å². The van der Waals surface area contributed by atoms with Crippen molar-refractivity contribution in [2.75, 3.05) is 6.61 Å². The minimum absolute atomic E-state index is 0.182. The molecule has 1 unspecified atom stereocenters. The largest absolute Gasteiger partial charge is 0.489 e. The van der Waals surface area contributed by atoms with Crippen LogP contribution in [0.25, 0.3) is 0 Å². The molecule has 1 atom stereocenters. The molecule has 0 radical (unpaired) electrons. The Morgan fingerprint density at radius 2 is 2.40 bits per heavy atom. The van der Waals surface area contributed by atoms with E-state index >= 15 is 0 Å². The Labute approximate surface area is 90.7 Å². The highest BCUT2D eigenvalue weighted by Crippen LogP contribution is 2.33. The summed E-state index contributed by atoms with van der Waals surface area (Å²) in [4.78, 5) is 0. The fourth-order valence-corrected chi connectivity index (χ4v) is 2.14. The Hall–Kier alpha value is -1.28. The lowest BCUT2D eigenvalue weighted by molar-refractivity contribution is 0.355. The third kappa shape index (κ3) is 2.05. The smallest absolute Gasteiger partial charge is 0.123 e. The van der Waals surface area contributed by atoms with Crippen LogP contribution >= 0.6 is 0 Å². The van der Waals surface area contributed by atoms with Gasteiger partial charge in [0, 0.05) is 6.04 Å². The van der Waals surface area contributed by atoms with E-state index in [0.717, 1.165) is 25.0 Å². The van der Waals surface area contributed by atoms with Crippen molar-refractivity contribution in [2.24, 2.45) is 5.73 Å². The molecule has 1 aromatic rings. The average Bonchev–Trinajstić information content (AvgIpc) is 2.27. The van der Waals surface area contributed by atoms with E-state index in [4.69, 9.17) is 10.5 Å². The zero-order chi connectivity index (χ0) is 10.7. The zero-order valence-corrected chi connectivity index (χ0v) is 8.91. The van der Waals surface area contributed by atoms with Crippen LogP contribution in [0.3, 0.4) is 0 Å². The molecule has 0 fully saturated rings. The maximum Gasteiger partial charge on any atom is 0.123 e. The Bertz CT molecular complexity index is 360.